The third kappa shape index (κ3) is 6.37. The highest BCUT2D eigenvalue weighted by atomic mass is 32.2. The number of benzene rings is 1. The van der Waals surface area contributed by atoms with Gasteiger partial charge in [-0.1, -0.05) is 12.1 Å². The molecular formula is C18H23N5O6S. The average molecular weight is 437 g/mol. The van der Waals surface area contributed by atoms with E-state index in [-0.39, 0.29) is 24.6 Å². The lowest BCUT2D eigenvalue weighted by atomic mass is 10.2. The average Bonchev–Trinajstić information content (AvgIpc) is 3.20. The van der Waals surface area contributed by atoms with Crippen molar-refractivity contribution in [3.63, 3.8) is 0 Å². The van der Waals surface area contributed by atoms with Crippen LogP contribution in [-0.4, -0.2) is 58.4 Å². The number of nitrogens with two attached hydrogens (primary N) is 1. The van der Waals surface area contributed by atoms with E-state index in [1.165, 1.54) is 18.9 Å². The van der Waals surface area contributed by atoms with Crippen LogP contribution in [0.1, 0.15) is 24.8 Å². The summed E-state index contributed by atoms with van der Waals surface area (Å²) in [6.07, 6.45) is 1.75. The van der Waals surface area contributed by atoms with Crippen LogP contribution in [0.25, 0.3) is 11.5 Å². The Balaban J connectivity index is 2.18. The van der Waals surface area contributed by atoms with Gasteiger partial charge in [0.25, 0.3) is 5.89 Å². The van der Waals surface area contributed by atoms with Crippen molar-refractivity contribution in [2.45, 2.75) is 24.9 Å². The number of nitrogens with zero attached hydrogens (tertiary/aromatic N) is 2. The van der Waals surface area contributed by atoms with Gasteiger partial charge in [0.1, 0.15) is 17.8 Å². The highest BCUT2D eigenvalue weighted by Gasteiger charge is 2.26. The minimum atomic E-state index is -1.16. The second-order valence-corrected chi connectivity index (χ2v) is 7.14. The number of rotatable bonds is 11. The van der Waals surface area contributed by atoms with Gasteiger partial charge in [-0.2, -0.15) is 11.8 Å². The molecule has 0 spiro atoms. The van der Waals surface area contributed by atoms with Crippen LogP contribution in [0.5, 0.6) is 5.75 Å². The van der Waals surface area contributed by atoms with Crippen molar-refractivity contribution in [1.82, 2.24) is 20.8 Å². The summed E-state index contributed by atoms with van der Waals surface area (Å²) in [5, 5.41) is 21.9. The maximum absolute atomic E-state index is 12.3. The van der Waals surface area contributed by atoms with Gasteiger partial charge in [-0.3, -0.25) is 4.79 Å². The van der Waals surface area contributed by atoms with Crippen LogP contribution in [0.4, 0.5) is 4.79 Å². The molecule has 0 radical (unpaired) electrons. The molecule has 0 fully saturated rings. The number of amides is 3. The highest BCUT2D eigenvalue weighted by molar-refractivity contribution is 7.98. The summed E-state index contributed by atoms with van der Waals surface area (Å²) in [4.78, 5) is 35.1. The molecule has 2 atom stereocenters. The Labute approximate surface area is 176 Å². The zero-order valence-corrected chi connectivity index (χ0v) is 17.3. The number of ether oxygens (including phenoxy) is 1. The molecule has 0 saturated carbocycles. The van der Waals surface area contributed by atoms with Crippen molar-refractivity contribution in [2.24, 2.45) is 5.73 Å². The first kappa shape index (κ1) is 23.0. The molecular weight excluding hydrogens is 414 g/mol. The number of primary amides is 1. The predicted molar refractivity (Wildman–Crippen MR) is 109 cm³/mol. The number of carbonyl (C=O) groups is 3. The van der Waals surface area contributed by atoms with Crippen molar-refractivity contribution in [3.05, 3.63) is 30.2 Å². The zero-order chi connectivity index (χ0) is 22.1. The van der Waals surface area contributed by atoms with Crippen molar-refractivity contribution in [3.8, 4) is 17.2 Å². The van der Waals surface area contributed by atoms with Crippen molar-refractivity contribution in [1.29, 1.82) is 0 Å². The number of nitrogens with one attached hydrogen (secondary N) is 2. The number of carbonyl (C=O) groups excluding carboxylic acids is 2. The number of carboxylic acids is 1. The number of para-hydroxylation sites is 1. The molecule has 1 aromatic carbocycles. The molecule has 11 nitrogen and oxygen atoms in total. The van der Waals surface area contributed by atoms with E-state index in [2.05, 4.69) is 20.8 Å². The molecule has 0 aliphatic heterocycles. The molecule has 162 valence electrons. The second-order valence-electron chi connectivity index (χ2n) is 6.16. The minimum Gasteiger partial charge on any atom is -0.496 e. The summed E-state index contributed by atoms with van der Waals surface area (Å²) in [6.45, 7) is 0. The fourth-order valence-corrected chi connectivity index (χ4v) is 3.03. The molecule has 5 N–H and O–H groups in total. The lowest BCUT2D eigenvalue weighted by Gasteiger charge is -2.18. The van der Waals surface area contributed by atoms with Crippen LogP contribution in [-0.2, 0) is 9.59 Å². The Bertz CT molecular complexity index is 889. The number of urea groups is 1. The van der Waals surface area contributed by atoms with Crippen LogP contribution in [0.3, 0.4) is 0 Å². The third-order valence-electron chi connectivity index (χ3n) is 4.00. The molecule has 2 rings (SSSR count). The Morgan fingerprint density at radius 3 is 2.63 bits per heavy atom. The lowest BCUT2D eigenvalue weighted by Crippen LogP contribution is -2.47. The summed E-state index contributed by atoms with van der Waals surface area (Å²) in [5.74, 6) is -0.754. The summed E-state index contributed by atoms with van der Waals surface area (Å²) < 4.78 is 10.9. The van der Waals surface area contributed by atoms with Gasteiger partial charge in [0.05, 0.1) is 19.1 Å². The monoisotopic (exact) mass is 437 g/mol. The molecule has 12 heteroatoms. The molecule has 0 saturated heterocycles. The molecule has 1 aromatic heterocycles. The quantitative estimate of drug-likeness (QED) is 0.403. The summed E-state index contributed by atoms with van der Waals surface area (Å²) in [5.41, 5.74) is 5.80. The Morgan fingerprint density at radius 1 is 1.27 bits per heavy atom. The van der Waals surface area contributed by atoms with E-state index >= 15 is 0 Å². The Kier molecular flexibility index (Phi) is 8.47. The standard InChI is InChI=1S/C18H23N5O6S/c1-28-13-6-4-3-5-10(13)15-22-23-16(29-15)12(9-14(19)24)21-18(27)20-11(17(25)26)7-8-30-2/h3-6,11-12H,7-9H2,1-2H3,(H2,19,24)(H,25,26)(H2,20,21,27)/t11-,12-/m0/s1. The van der Waals surface area contributed by atoms with Gasteiger partial charge >= 0.3 is 12.0 Å². The first-order valence-electron chi connectivity index (χ1n) is 8.89. The van der Waals surface area contributed by atoms with Gasteiger partial charge in [0, 0.05) is 0 Å². The smallest absolute Gasteiger partial charge is 0.326 e. The van der Waals surface area contributed by atoms with Crippen LogP contribution >= 0.6 is 11.8 Å². The number of methoxy groups -OCH3 is 1. The van der Waals surface area contributed by atoms with Gasteiger partial charge in [-0.15, -0.1) is 10.2 Å². The predicted octanol–water partition coefficient (Wildman–Crippen LogP) is 1.17. The SMILES string of the molecule is COc1ccccc1-c1nnc([C@H](CC(N)=O)NC(=O)N[C@@H](CCSC)C(=O)O)o1. The molecule has 1 heterocycles. The van der Waals surface area contributed by atoms with Gasteiger partial charge in [0.2, 0.25) is 11.8 Å². The molecule has 0 aliphatic rings. The number of aromatic nitrogens is 2. The van der Waals surface area contributed by atoms with E-state index in [4.69, 9.17) is 14.9 Å². The fourth-order valence-electron chi connectivity index (χ4n) is 2.56. The van der Waals surface area contributed by atoms with Crippen LogP contribution in [0.2, 0.25) is 0 Å². The van der Waals surface area contributed by atoms with Gasteiger partial charge in [0.15, 0.2) is 0 Å². The van der Waals surface area contributed by atoms with E-state index < -0.39 is 30.0 Å². The van der Waals surface area contributed by atoms with Gasteiger partial charge in [-0.05, 0) is 30.6 Å². The van der Waals surface area contributed by atoms with Crippen molar-refractivity contribution >= 4 is 29.7 Å². The zero-order valence-electron chi connectivity index (χ0n) is 16.5. The topological polar surface area (TPSA) is 170 Å². The second kappa shape index (κ2) is 11.0. The summed E-state index contributed by atoms with van der Waals surface area (Å²) in [6, 6.07) is 4.04. The number of hydrogen-bond donors (Lipinski definition) is 4. The van der Waals surface area contributed by atoms with E-state index in [1.807, 2.05) is 6.26 Å². The minimum absolute atomic E-state index is 0.0548. The molecule has 2 aromatic rings. The van der Waals surface area contributed by atoms with E-state index in [1.54, 1.807) is 24.3 Å². The van der Waals surface area contributed by atoms with Gasteiger partial charge < -0.3 is 30.6 Å². The van der Waals surface area contributed by atoms with Gasteiger partial charge in [-0.25, -0.2) is 9.59 Å². The number of carboxylic acid groups (broad SMARTS) is 1. The highest BCUT2D eigenvalue weighted by Crippen LogP contribution is 2.29. The normalized spacial score (nSPS) is 12.6. The van der Waals surface area contributed by atoms with Crippen LogP contribution < -0.4 is 21.1 Å². The summed E-state index contributed by atoms with van der Waals surface area (Å²) in [7, 11) is 1.49. The molecule has 0 unspecified atom stereocenters. The molecule has 0 bridgehead atoms. The summed E-state index contributed by atoms with van der Waals surface area (Å²) >= 11 is 1.46. The first-order chi connectivity index (χ1) is 14.3. The fraction of sp³-hybridized carbons (Fsp3) is 0.389. The molecule has 30 heavy (non-hydrogen) atoms. The molecule has 0 aliphatic carbocycles. The van der Waals surface area contributed by atoms with Crippen molar-refractivity contribution < 1.29 is 28.6 Å². The number of aliphatic carboxylic acids is 1. The lowest BCUT2D eigenvalue weighted by molar-refractivity contribution is -0.139. The number of thioether (sulfide) groups is 1. The van der Waals surface area contributed by atoms with E-state index in [9.17, 15) is 19.5 Å². The van der Waals surface area contributed by atoms with Crippen LogP contribution in [0, 0.1) is 0 Å². The third-order valence-corrected chi connectivity index (χ3v) is 4.64. The van der Waals surface area contributed by atoms with E-state index in [0.717, 1.165) is 0 Å². The Morgan fingerprint density at radius 2 is 2.00 bits per heavy atom. The first-order valence-corrected chi connectivity index (χ1v) is 10.3. The Hall–Kier alpha value is -3.28. The largest absolute Gasteiger partial charge is 0.496 e. The van der Waals surface area contributed by atoms with Crippen LogP contribution in [0.15, 0.2) is 28.7 Å². The molecule has 3 amide bonds. The maximum atomic E-state index is 12.3. The number of hydrogen-bond acceptors (Lipinski definition) is 8. The van der Waals surface area contributed by atoms with Crippen molar-refractivity contribution in [2.75, 3.05) is 19.1 Å². The maximum Gasteiger partial charge on any atom is 0.326 e. The van der Waals surface area contributed by atoms with E-state index in [0.29, 0.717) is 17.1 Å².